The molecule has 0 amide bonds. The predicted molar refractivity (Wildman–Crippen MR) is 90.2 cm³/mol. The molecule has 4 nitrogen and oxygen atoms in total. The molecule has 0 saturated carbocycles. The van der Waals surface area contributed by atoms with Gasteiger partial charge in [0.1, 0.15) is 5.60 Å². The molecule has 0 unspecified atom stereocenters. The first-order valence-electron chi connectivity index (χ1n) is 8.75. The van der Waals surface area contributed by atoms with Crippen molar-refractivity contribution in [3.8, 4) is 0 Å². The van der Waals surface area contributed by atoms with Crippen molar-refractivity contribution in [1.82, 2.24) is 10.2 Å². The molecule has 1 fully saturated rings. The summed E-state index contributed by atoms with van der Waals surface area (Å²) in [5.74, 6) is 1.70. The number of hydrogen-bond acceptors (Lipinski definition) is 4. The minimum Gasteiger partial charge on any atom is -0.471 e. The summed E-state index contributed by atoms with van der Waals surface area (Å²) >= 11 is 0. The van der Waals surface area contributed by atoms with Crippen molar-refractivity contribution in [2.75, 3.05) is 26.2 Å². The maximum Gasteiger partial charge on any atom is 0.227 e. The first kappa shape index (κ1) is 17.2. The molecular formula is C18H32N2O2. The molecule has 2 heterocycles. The number of allylic oxidation sites excluding steroid dienone is 1. The molecule has 126 valence electrons. The Bertz CT molecular complexity index is 380. The lowest BCUT2D eigenvalue weighted by Crippen LogP contribution is -2.28. The van der Waals surface area contributed by atoms with Gasteiger partial charge in [-0.1, -0.05) is 6.42 Å². The van der Waals surface area contributed by atoms with Crippen molar-refractivity contribution in [3.63, 3.8) is 0 Å². The Morgan fingerprint density at radius 2 is 2.00 bits per heavy atom. The van der Waals surface area contributed by atoms with E-state index < -0.39 is 0 Å². The monoisotopic (exact) mass is 308 g/mol. The second-order valence-corrected chi connectivity index (χ2v) is 7.20. The molecule has 1 saturated heterocycles. The van der Waals surface area contributed by atoms with Crippen LogP contribution < -0.4 is 5.32 Å². The average Bonchev–Trinajstić information content (AvgIpc) is 3.12. The van der Waals surface area contributed by atoms with Crippen molar-refractivity contribution in [3.05, 3.63) is 24.0 Å². The zero-order valence-corrected chi connectivity index (χ0v) is 14.5. The van der Waals surface area contributed by atoms with Crippen LogP contribution in [0.4, 0.5) is 0 Å². The third kappa shape index (κ3) is 6.30. The van der Waals surface area contributed by atoms with Crippen molar-refractivity contribution >= 4 is 0 Å². The molecule has 0 atom stereocenters. The molecule has 2 aliphatic heterocycles. The summed E-state index contributed by atoms with van der Waals surface area (Å²) in [5.41, 5.74) is -0.211. The Kier molecular flexibility index (Phi) is 6.62. The minimum atomic E-state index is -0.211. The van der Waals surface area contributed by atoms with E-state index in [0.29, 0.717) is 0 Å². The van der Waals surface area contributed by atoms with Crippen molar-refractivity contribution in [2.24, 2.45) is 0 Å². The molecule has 4 heteroatoms. The van der Waals surface area contributed by atoms with Crippen LogP contribution in [0.1, 0.15) is 59.3 Å². The number of hydrogen-bond donors (Lipinski definition) is 1. The summed E-state index contributed by atoms with van der Waals surface area (Å²) in [5, 5.41) is 3.43. The number of nitrogens with one attached hydrogen (secondary N) is 1. The lowest BCUT2D eigenvalue weighted by Gasteiger charge is -2.25. The fourth-order valence-corrected chi connectivity index (χ4v) is 2.82. The third-order valence-corrected chi connectivity index (χ3v) is 3.91. The largest absolute Gasteiger partial charge is 0.471 e. The Morgan fingerprint density at radius 3 is 2.64 bits per heavy atom. The second-order valence-electron chi connectivity index (χ2n) is 7.20. The van der Waals surface area contributed by atoms with Gasteiger partial charge >= 0.3 is 0 Å². The van der Waals surface area contributed by atoms with Gasteiger partial charge in [0, 0.05) is 13.0 Å². The lowest BCUT2D eigenvalue weighted by atomic mass is 10.2. The maximum atomic E-state index is 6.00. The molecule has 0 spiro atoms. The second kappa shape index (κ2) is 8.47. The van der Waals surface area contributed by atoms with Gasteiger partial charge in [-0.05, 0) is 72.2 Å². The highest BCUT2D eigenvalue weighted by Crippen LogP contribution is 2.21. The molecule has 22 heavy (non-hydrogen) atoms. The molecule has 1 N–H and O–H groups in total. The first-order chi connectivity index (χ1) is 10.5. The molecule has 0 bridgehead atoms. The van der Waals surface area contributed by atoms with E-state index in [0.717, 1.165) is 24.6 Å². The van der Waals surface area contributed by atoms with Crippen LogP contribution in [-0.4, -0.2) is 36.7 Å². The van der Waals surface area contributed by atoms with Crippen molar-refractivity contribution < 1.29 is 9.47 Å². The molecular weight excluding hydrogens is 276 g/mol. The number of ether oxygens (including phenoxy) is 2. The quantitative estimate of drug-likeness (QED) is 0.547. The van der Waals surface area contributed by atoms with E-state index in [1.165, 1.54) is 51.7 Å². The standard InChI is InChI=1S/C18H32N2O2/c1-18(2,3)22-17(16-10-9-15-21-16)19-11-5-4-6-12-20-13-7-8-14-20/h9,15,19H,4-8,10-14H2,1-3H3. The lowest BCUT2D eigenvalue weighted by molar-refractivity contribution is 0.0311. The number of nitrogens with zero attached hydrogens (tertiary/aromatic N) is 1. The van der Waals surface area contributed by atoms with E-state index in [1.54, 1.807) is 6.26 Å². The van der Waals surface area contributed by atoms with Crippen molar-refractivity contribution in [1.29, 1.82) is 0 Å². The van der Waals surface area contributed by atoms with Gasteiger partial charge < -0.3 is 19.7 Å². The Morgan fingerprint density at radius 1 is 1.23 bits per heavy atom. The highest BCUT2D eigenvalue weighted by atomic mass is 16.5. The fraction of sp³-hybridized carbons (Fsp3) is 0.778. The van der Waals surface area contributed by atoms with Crippen LogP contribution in [-0.2, 0) is 9.47 Å². The summed E-state index contributed by atoms with van der Waals surface area (Å²) in [4.78, 5) is 2.58. The molecule has 2 rings (SSSR count). The Balaban J connectivity index is 1.64. The van der Waals surface area contributed by atoms with Gasteiger partial charge in [-0.3, -0.25) is 0 Å². The van der Waals surface area contributed by atoms with E-state index in [9.17, 15) is 0 Å². The molecule has 0 aromatic rings. The van der Waals surface area contributed by atoms with Crippen LogP contribution in [0, 0.1) is 0 Å². The van der Waals surface area contributed by atoms with Crippen LogP contribution in [0.5, 0.6) is 0 Å². The van der Waals surface area contributed by atoms with Gasteiger partial charge in [0.05, 0.1) is 6.26 Å². The maximum absolute atomic E-state index is 6.00. The number of unbranched alkanes of at least 4 members (excludes halogenated alkanes) is 2. The number of rotatable bonds is 8. The zero-order valence-electron chi connectivity index (χ0n) is 14.5. The van der Waals surface area contributed by atoms with E-state index in [1.807, 2.05) is 6.08 Å². The summed E-state index contributed by atoms with van der Waals surface area (Å²) in [6.45, 7) is 11.0. The molecule has 0 aliphatic carbocycles. The summed E-state index contributed by atoms with van der Waals surface area (Å²) in [7, 11) is 0. The topological polar surface area (TPSA) is 33.7 Å². The van der Waals surface area contributed by atoms with Crippen LogP contribution >= 0.6 is 0 Å². The average molecular weight is 308 g/mol. The summed E-state index contributed by atoms with van der Waals surface area (Å²) in [6.07, 6.45) is 11.1. The highest BCUT2D eigenvalue weighted by molar-refractivity contribution is 5.11. The molecule has 2 aliphatic rings. The van der Waals surface area contributed by atoms with E-state index in [-0.39, 0.29) is 5.60 Å². The highest BCUT2D eigenvalue weighted by Gasteiger charge is 2.19. The third-order valence-electron chi connectivity index (χ3n) is 3.91. The molecule has 0 aromatic carbocycles. The van der Waals surface area contributed by atoms with Gasteiger partial charge in [-0.2, -0.15) is 0 Å². The summed E-state index contributed by atoms with van der Waals surface area (Å²) < 4.78 is 11.5. The normalized spacial score (nSPS) is 21.0. The van der Waals surface area contributed by atoms with Crippen molar-refractivity contribution in [2.45, 2.75) is 64.9 Å². The smallest absolute Gasteiger partial charge is 0.227 e. The minimum absolute atomic E-state index is 0.211. The van der Waals surface area contributed by atoms with Crippen LogP contribution in [0.25, 0.3) is 0 Å². The van der Waals surface area contributed by atoms with E-state index in [4.69, 9.17) is 9.47 Å². The van der Waals surface area contributed by atoms with Crippen LogP contribution in [0.3, 0.4) is 0 Å². The van der Waals surface area contributed by atoms with E-state index in [2.05, 4.69) is 31.0 Å². The Labute approximate surface area is 135 Å². The van der Waals surface area contributed by atoms with Crippen LogP contribution in [0.2, 0.25) is 0 Å². The zero-order chi connectivity index (χ0) is 15.8. The van der Waals surface area contributed by atoms with Gasteiger partial charge in [0.2, 0.25) is 5.88 Å². The van der Waals surface area contributed by atoms with Gasteiger partial charge in [0.15, 0.2) is 5.76 Å². The molecule has 0 aromatic heterocycles. The van der Waals surface area contributed by atoms with Crippen LogP contribution in [0.15, 0.2) is 24.0 Å². The van der Waals surface area contributed by atoms with E-state index >= 15 is 0 Å². The fourth-order valence-electron chi connectivity index (χ4n) is 2.82. The first-order valence-corrected chi connectivity index (χ1v) is 8.75. The predicted octanol–water partition coefficient (Wildman–Crippen LogP) is 3.76. The SMILES string of the molecule is CC(C)(C)OC(NCCCCCN1CCCC1)=C1CC=CO1. The van der Waals surface area contributed by atoms with Gasteiger partial charge in [-0.15, -0.1) is 0 Å². The summed E-state index contributed by atoms with van der Waals surface area (Å²) in [6, 6.07) is 0. The van der Waals surface area contributed by atoms with Gasteiger partial charge in [0.25, 0.3) is 0 Å². The Hall–Kier alpha value is -1.16. The molecule has 0 radical (unpaired) electrons. The van der Waals surface area contributed by atoms with Gasteiger partial charge in [-0.25, -0.2) is 0 Å². The number of likely N-dealkylation sites (tertiary alicyclic amines) is 1.